The molecular weight excluding hydrogens is 392 g/mol. The molecule has 0 N–H and O–H groups in total. The molecule has 0 radical (unpaired) electrons. The largest absolute Gasteiger partial charge is 0.271 e. The summed E-state index contributed by atoms with van der Waals surface area (Å²) < 4.78 is 54.6. The smallest absolute Gasteiger partial charge is 0.270 e. The van der Waals surface area contributed by atoms with Crippen LogP contribution in [0.1, 0.15) is 18.4 Å². The van der Waals surface area contributed by atoms with E-state index in [2.05, 4.69) is 20.7 Å². The summed E-state index contributed by atoms with van der Waals surface area (Å²) in [4.78, 5) is 8.25. The molecule has 24 heavy (non-hydrogen) atoms. The molecule has 0 atom stereocenters. The lowest BCUT2D eigenvalue weighted by Gasteiger charge is -2.06. The number of rotatable bonds is 12. The maximum atomic E-state index is 11.8. The molecule has 0 spiro atoms. The third kappa shape index (κ3) is 10.4. The van der Waals surface area contributed by atoms with E-state index in [-0.39, 0.29) is 28.5 Å². The topological polar surface area (TPSA) is 113 Å². The van der Waals surface area contributed by atoms with E-state index < -0.39 is 20.2 Å². The van der Waals surface area contributed by atoms with Gasteiger partial charge in [-0.15, -0.1) is 0 Å². The Morgan fingerprint density at radius 1 is 1.08 bits per heavy atom. The van der Waals surface area contributed by atoms with E-state index in [0.29, 0.717) is 23.6 Å². The van der Waals surface area contributed by atoms with Crippen molar-refractivity contribution in [2.45, 2.75) is 30.3 Å². The van der Waals surface area contributed by atoms with Crippen molar-refractivity contribution in [3.8, 4) is 0 Å². The van der Waals surface area contributed by atoms with Gasteiger partial charge in [0.25, 0.3) is 20.2 Å². The van der Waals surface area contributed by atoms with Gasteiger partial charge in [-0.25, -0.2) is 9.97 Å². The number of hydrogen-bond acceptors (Lipinski definition) is 9. The minimum atomic E-state index is -3.72. The average Bonchev–Trinajstić information content (AvgIpc) is 2.48. The van der Waals surface area contributed by atoms with Crippen LogP contribution in [-0.2, 0) is 34.4 Å². The second kappa shape index (κ2) is 10.5. The predicted octanol–water partition coefficient (Wildman–Crippen LogP) is 0.346. The molecule has 0 saturated heterocycles. The van der Waals surface area contributed by atoms with Gasteiger partial charge < -0.3 is 0 Å². The summed E-state index contributed by atoms with van der Waals surface area (Å²) in [5, 5.41) is 1.70. The molecule has 0 unspecified atom stereocenters. The molecule has 1 heterocycles. The van der Waals surface area contributed by atoms with Crippen LogP contribution >= 0.6 is 11.8 Å². The van der Waals surface area contributed by atoms with Crippen molar-refractivity contribution in [1.29, 1.82) is 0 Å². The van der Waals surface area contributed by atoms with Crippen molar-refractivity contribution in [2.24, 2.45) is 0 Å². The zero-order valence-corrected chi connectivity index (χ0v) is 17.5. The minimum absolute atomic E-state index is 0.00975. The summed E-state index contributed by atoms with van der Waals surface area (Å²) in [7, 11) is -7.25. The third-order valence-electron chi connectivity index (χ3n) is 2.56. The van der Waals surface area contributed by atoms with Crippen molar-refractivity contribution in [2.75, 3.05) is 24.8 Å². The van der Waals surface area contributed by atoms with Gasteiger partial charge in [0.1, 0.15) is 5.75 Å². The fourth-order valence-electron chi connectivity index (χ4n) is 1.53. The summed E-state index contributed by atoms with van der Waals surface area (Å²) in [5.41, 5.74) is 0.466. The minimum Gasteiger partial charge on any atom is -0.270 e. The molecule has 8 nitrogen and oxygen atoms in total. The first-order chi connectivity index (χ1) is 11.2. The van der Waals surface area contributed by atoms with E-state index >= 15 is 0 Å². The Bertz CT molecular complexity index is 694. The van der Waals surface area contributed by atoms with E-state index in [1.165, 1.54) is 12.4 Å². The molecule has 138 valence electrons. The van der Waals surface area contributed by atoms with Crippen molar-refractivity contribution < 1.29 is 25.2 Å². The van der Waals surface area contributed by atoms with Crippen LogP contribution in [0.2, 0.25) is 6.55 Å². The first-order valence-corrected chi connectivity index (χ1v) is 14.2. The van der Waals surface area contributed by atoms with E-state index in [9.17, 15) is 16.8 Å². The summed E-state index contributed by atoms with van der Waals surface area (Å²) in [6.45, 7) is 2.18. The lowest BCUT2D eigenvalue weighted by atomic mass is 10.3. The molecule has 0 bridgehead atoms. The number of hydrogen-bond donors (Lipinski definition) is 0. The van der Waals surface area contributed by atoms with Gasteiger partial charge in [-0.3, -0.25) is 8.37 Å². The maximum Gasteiger partial charge on any atom is 0.271 e. The van der Waals surface area contributed by atoms with Crippen LogP contribution < -0.4 is 0 Å². The van der Waals surface area contributed by atoms with Crippen molar-refractivity contribution in [3.63, 3.8) is 0 Å². The van der Waals surface area contributed by atoms with Crippen LogP contribution in [0.5, 0.6) is 0 Å². The van der Waals surface area contributed by atoms with Gasteiger partial charge in [0.2, 0.25) is 0 Å². The van der Waals surface area contributed by atoms with Crippen LogP contribution in [0, 0.1) is 0 Å². The molecule has 1 aromatic rings. The molecule has 0 aromatic carbocycles. The first-order valence-electron chi connectivity index (χ1n) is 7.37. The van der Waals surface area contributed by atoms with Crippen LogP contribution in [-0.4, -0.2) is 61.2 Å². The maximum absolute atomic E-state index is 11.8. The van der Waals surface area contributed by atoms with E-state index in [0.717, 1.165) is 11.6 Å². The lowest BCUT2D eigenvalue weighted by Crippen LogP contribution is -2.11. The number of unbranched alkanes of at least 4 members (excludes halogenated alkanes) is 1. The molecule has 0 fully saturated rings. The van der Waals surface area contributed by atoms with Gasteiger partial charge in [0.15, 0.2) is 5.16 Å². The standard InChI is InChI=1S/C12H22N2O6S3Si/c1-22(15,16)19-5-3-4-6-20-23(17,18)9-11-7-13-12(14-8-11)21-10-24-2/h7-8H,3-6,9-10,24H2,1-2H3. The first kappa shape index (κ1) is 21.5. The highest BCUT2D eigenvalue weighted by atomic mass is 32.2. The Labute approximate surface area is 149 Å². The van der Waals surface area contributed by atoms with Crippen LogP contribution in [0.25, 0.3) is 0 Å². The highest BCUT2D eigenvalue weighted by Crippen LogP contribution is 2.13. The summed E-state index contributed by atoms with van der Waals surface area (Å²) in [5.74, 6) is -0.291. The monoisotopic (exact) mass is 414 g/mol. The Morgan fingerprint density at radius 2 is 1.67 bits per heavy atom. The van der Waals surface area contributed by atoms with Gasteiger partial charge in [-0.05, 0) is 18.2 Å². The van der Waals surface area contributed by atoms with Gasteiger partial charge in [-0.1, -0.05) is 18.3 Å². The fourth-order valence-corrected chi connectivity index (χ4v) is 4.77. The van der Waals surface area contributed by atoms with E-state index in [1.54, 1.807) is 11.8 Å². The number of nitrogens with zero attached hydrogens (tertiary/aromatic N) is 2. The molecule has 1 rings (SSSR count). The zero-order chi connectivity index (χ0) is 18.1. The molecule has 0 aliphatic rings. The van der Waals surface area contributed by atoms with Crippen molar-refractivity contribution in [1.82, 2.24) is 9.97 Å². The second-order valence-corrected chi connectivity index (χ2v) is 11.6. The molecule has 0 aliphatic carbocycles. The van der Waals surface area contributed by atoms with Crippen LogP contribution in [0.4, 0.5) is 0 Å². The lowest BCUT2D eigenvalue weighted by molar-refractivity contribution is 0.272. The third-order valence-corrected chi connectivity index (χ3v) is 7.29. The molecule has 0 amide bonds. The van der Waals surface area contributed by atoms with Crippen molar-refractivity contribution >= 4 is 41.5 Å². The van der Waals surface area contributed by atoms with Crippen molar-refractivity contribution in [3.05, 3.63) is 18.0 Å². The summed E-state index contributed by atoms with van der Waals surface area (Å²) in [6.07, 6.45) is 4.71. The summed E-state index contributed by atoms with van der Waals surface area (Å²) >= 11 is 1.57. The highest BCUT2D eigenvalue weighted by Gasteiger charge is 2.13. The quantitative estimate of drug-likeness (QED) is 0.157. The van der Waals surface area contributed by atoms with Crippen LogP contribution in [0.15, 0.2) is 17.6 Å². The summed E-state index contributed by atoms with van der Waals surface area (Å²) in [6, 6.07) is 0. The van der Waals surface area contributed by atoms with Gasteiger partial charge in [-0.2, -0.15) is 16.8 Å². The van der Waals surface area contributed by atoms with Crippen LogP contribution in [0.3, 0.4) is 0 Å². The van der Waals surface area contributed by atoms with Gasteiger partial charge in [0.05, 0.1) is 19.5 Å². The molecule has 0 aliphatic heterocycles. The van der Waals surface area contributed by atoms with E-state index in [1.807, 2.05) is 0 Å². The Morgan fingerprint density at radius 3 is 2.21 bits per heavy atom. The molecule has 12 heteroatoms. The van der Waals surface area contributed by atoms with Gasteiger partial charge >= 0.3 is 0 Å². The van der Waals surface area contributed by atoms with E-state index in [4.69, 9.17) is 4.18 Å². The van der Waals surface area contributed by atoms with Gasteiger partial charge in [0, 0.05) is 27.5 Å². The molecule has 1 aromatic heterocycles. The second-order valence-electron chi connectivity index (χ2n) is 4.98. The molecular formula is C12H22N2O6S3Si. The SMILES string of the molecule is C[SiH2]CSc1ncc(CS(=O)(=O)OCCCCOS(C)(=O)=O)cn1. The molecule has 0 saturated carbocycles. The fraction of sp³-hybridized carbons (Fsp3) is 0.667. The Kier molecular flexibility index (Phi) is 9.37. The average molecular weight is 415 g/mol. The number of aromatic nitrogens is 2. The highest BCUT2D eigenvalue weighted by molar-refractivity contribution is 8.00. The zero-order valence-electron chi connectivity index (χ0n) is 13.7. The predicted molar refractivity (Wildman–Crippen MR) is 95.8 cm³/mol. The Balaban J connectivity index is 2.33. The number of thioether (sulfide) groups is 1. The Hall–Kier alpha value is -0.533. The normalized spacial score (nSPS) is 12.9.